The molecule has 0 aromatic heterocycles. The van der Waals surface area contributed by atoms with E-state index in [-0.39, 0.29) is 5.78 Å². The second-order valence-corrected chi connectivity index (χ2v) is 6.05. The number of hydrogen-bond donors (Lipinski definition) is 0. The van der Waals surface area contributed by atoms with Gasteiger partial charge in [-0.1, -0.05) is 13.8 Å². The van der Waals surface area contributed by atoms with Crippen LogP contribution in [0.5, 0.6) is 5.75 Å². The average molecular weight is 290 g/mol. The van der Waals surface area contributed by atoms with E-state index in [1.807, 2.05) is 0 Å². The molecule has 0 aliphatic rings. The topological polar surface area (TPSA) is 26.3 Å². The van der Waals surface area contributed by atoms with Crippen molar-refractivity contribution >= 4 is 5.78 Å². The van der Waals surface area contributed by atoms with Crippen LogP contribution in [0.15, 0.2) is 6.07 Å². The summed E-state index contributed by atoms with van der Waals surface area (Å²) in [6.45, 7) is 13.3. The molecule has 0 spiro atoms. The molecule has 0 saturated carbocycles. The SMILES string of the molecule is CCCOc1cc(C)c(C(CC)CCC(C)=O)c(C)c1C. The van der Waals surface area contributed by atoms with Gasteiger partial charge >= 0.3 is 0 Å². The fourth-order valence-corrected chi connectivity index (χ4v) is 2.99. The number of rotatable bonds is 8. The fraction of sp³-hybridized carbons (Fsp3) is 0.632. The van der Waals surface area contributed by atoms with Crippen molar-refractivity contribution in [2.45, 2.75) is 73.1 Å². The molecule has 1 rings (SSSR count). The zero-order valence-corrected chi connectivity index (χ0v) is 14.5. The van der Waals surface area contributed by atoms with Crippen LogP contribution in [-0.4, -0.2) is 12.4 Å². The molecule has 0 aliphatic carbocycles. The summed E-state index contributed by atoms with van der Waals surface area (Å²) in [7, 11) is 0. The van der Waals surface area contributed by atoms with Gasteiger partial charge in [-0.15, -0.1) is 0 Å². The highest BCUT2D eigenvalue weighted by molar-refractivity contribution is 5.75. The lowest BCUT2D eigenvalue weighted by atomic mass is 9.83. The van der Waals surface area contributed by atoms with E-state index < -0.39 is 0 Å². The van der Waals surface area contributed by atoms with Gasteiger partial charge in [-0.3, -0.25) is 0 Å². The maximum atomic E-state index is 11.3. The van der Waals surface area contributed by atoms with Gasteiger partial charge in [0.2, 0.25) is 0 Å². The zero-order chi connectivity index (χ0) is 16.0. The summed E-state index contributed by atoms with van der Waals surface area (Å²) >= 11 is 0. The van der Waals surface area contributed by atoms with Gasteiger partial charge < -0.3 is 9.53 Å². The first-order valence-electron chi connectivity index (χ1n) is 8.15. The Balaban J connectivity index is 3.11. The minimum atomic E-state index is 0.281. The monoisotopic (exact) mass is 290 g/mol. The van der Waals surface area contributed by atoms with Crippen LogP contribution in [0, 0.1) is 20.8 Å². The summed E-state index contributed by atoms with van der Waals surface area (Å²) in [6.07, 6.45) is 3.71. The number of ketones is 1. The molecule has 0 radical (unpaired) electrons. The lowest BCUT2D eigenvalue weighted by molar-refractivity contribution is -0.117. The first-order valence-corrected chi connectivity index (χ1v) is 8.15. The summed E-state index contributed by atoms with van der Waals surface area (Å²) in [5.41, 5.74) is 5.28. The fourth-order valence-electron chi connectivity index (χ4n) is 2.99. The van der Waals surface area contributed by atoms with Crippen LogP contribution in [0.2, 0.25) is 0 Å². The summed E-state index contributed by atoms with van der Waals surface area (Å²) < 4.78 is 5.86. The molecule has 0 bridgehead atoms. The summed E-state index contributed by atoms with van der Waals surface area (Å²) in [4.78, 5) is 11.3. The minimum Gasteiger partial charge on any atom is -0.493 e. The van der Waals surface area contributed by atoms with E-state index in [2.05, 4.69) is 40.7 Å². The highest BCUT2D eigenvalue weighted by Crippen LogP contribution is 2.36. The van der Waals surface area contributed by atoms with Crippen LogP contribution in [0.3, 0.4) is 0 Å². The van der Waals surface area contributed by atoms with E-state index in [4.69, 9.17) is 4.74 Å². The van der Waals surface area contributed by atoms with Gasteiger partial charge in [0.1, 0.15) is 11.5 Å². The summed E-state index contributed by atoms with van der Waals surface area (Å²) in [5.74, 6) is 1.76. The molecular weight excluding hydrogens is 260 g/mol. The third-order valence-corrected chi connectivity index (χ3v) is 4.32. The van der Waals surface area contributed by atoms with E-state index in [0.29, 0.717) is 12.3 Å². The Labute approximate surface area is 129 Å². The van der Waals surface area contributed by atoms with E-state index in [1.165, 1.54) is 22.3 Å². The highest BCUT2D eigenvalue weighted by Gasteiger charge is 2.18. The molecule has 2 heteroatoms. The number of aryl methyl sites for hydroxylation is 1. The Hall–Kier alpha value is -1.31. The smallest absolute Gasteiger partial charge is 0.129 e. The van der Waals surface area contributed by atoms with Gasteiger partial charge in [0.15, 0.2) is 0 Å². The molecule has 1 unspecified atom stereocenters. The largest absolute Gasteiger partial charge is 0.493 e. The molecular formula is C19H30O2. The molecule has 0 aliphatic heterocycles. The van der Waals surface area contributed by atoms with E-state index in [9.17, 15) is 4.79 Å². The average Bonchev–Trinajstić information content (AvgIpc) is 2.44. The second kappa shape index (κ2) is 8.21. The predicted molar refractivity (Wildman–Crippen MR) is 89.4 cm³/mol. The summed E-state index contributed by atoms with van der Waals surface area (Å²) in [5, 5.41) is 0. The van der Waals surface area contributed by atoms with Crippen molar-refractivity contribution < 1.29 is 9.53 Å². The normalized spacial score (nSPS) is 12.3. The van der Waals surface area contributed by atoms with Gasteiger partial charge in [-0.2, -0.15) is 0 Å². The Kier molecular flexibility index (Phi) is 6.94. The lowest BCUT2D eigenvalue weighted by Crippen LogP contribution is -2.08. The Morgan fingerprint density at radius 1 is 1.19 bits per heavy atom. The molecule has 1 atom stereocenters. The van der Waals surface area contributed by atoms with Crippen molar-refractivity contribution in [2.24, 2.45) is 0 Å². The van der Waals surface area contributed by atoms with Gasteiger partial charge in [0.25, 0.3) is 0 Å². The molecule has 0 N–H and O–H groups in total. The van der Waals surface area contributed by atoms with Crippen LogP contribution in [0.1, 0.15) is 74.6 Å². The van der Waals surface area contributed by atoms with Gasteiger partial charge in [-0.25, -0.2) is 0 Å². The van der Waals surface area contributed by atoms with Crippen LogP contribution >= 0.6 is 0 Å². The number of carbonyl (C=O) groups is 1. The highest BCUT2D eigenvalue weighted by atomic mass is 16.5. The van der Waals surface area contributed by atoms with Crippen molar-refractivity contribution in [3.05, 3.63) is 28.3 Å². The number of hydrogen-bond acceptors (Lipinski definition) is 2. The minimum absolute atomic E-state index is 0.281. The molecule has 118 valence electrons. The number of ether oxygens (including phenoxy) is 1. The first kappa shape index (κ1) is 17.7. The Morgan fingerprint density at radius 2 is 1.86 bits per heavy atom. The van der Waals surface area contributed by atoms with Gasteiger partial charge in [-0.05, 0) is 81.2 Å². The molecule has 0 amide bonds. The molecule has 1 aromatic carbocycles. The Morgan fingerprint density at radius 3 is 2.38 bits per heavy atom. The van der Waals surface area contributed by atoms with E-state index >= 15 is 0 Å². The standard InChI is InChI=1S/C19H30O2/c1-7-11-21-18-12-13(3)19(16(6)15(18)5)17(8-2)10-9-14(4)20/h12,17H,7-11H2,1-6H3. The van der Waals surface area contributed by atoms with E-state index in [0.717, 1.165) is 31.6 Å². The van der Waals surface area contributed by atoms with Crippen LogP contribution in [0.25, 0.3) is 0 Å². The van der Waals surface area contributed by atoms with Crippen LogP contribution in [-0.2, 0) is 4.79 Å². The number of benzene rings is 1. The third kappa shape index (κ3) is 4.59. The molecule has 0 fully saturated rings. The van der Waals surface area contributed by atoms with E-state index in [1.54, 1.807) is 6.92 Å². The summed E-state index contributed by atoms with van der Waals surface area (Å²) in [6, 6.07) is 2.17. The van der Waals surface area contributed by atoms with Crippen LogP contribution in [0.4, 0.5) is 0 Å². The molecule has 0 heterocycles. The van der Waals surface area contributed by atoms with Crippen molar-refractivity contribution in [1.82, 2.24) is 0 Å². The maximum Gasteiger partial charge on any atom is 0.129 e. The Bertz CT molecular complexity index is 489. The number of Topliss-reactive ketones (excluding diaryl/α,β-unsaturated/α-hetero) is 1. The van der Waals surface area contributed by atoms with Gasteiger partial charge in [0.05, 0.1) is 6.61 Å². The second-order valence-electron chi connectivity index (χ2n) is 6.05. The van der Waals surface area contributed by atoms with Gasteiger partial charge in [0, 0.05) is 6.42 Å². The third-order valence-electron chi connectivity index (χ3n) is 4.32. The quantitative estimate of drug-likeness (QED) is 0.652. The first-order chi connectivity index (χ1) is 9.92. The lowest BCUT2D eigenvalue weighted by Gasteiger charge is -2.23. The molecule has 21 heavy (non-hydrogen) atoms. The van der Waals surface area contributed by atoms with Crippen molar-refractivity contribution in [3.63, 3.8) is 0 Å². The molecule has 1 aromatic rings. The predicted octanol–water partition coefficient (Wildman–Crippen LogP) is 5.26. The van der Waals surface area contributed by atoms with Crippen LogP contribution < -0.4 is 4.74 Å². The van der Waals surface area contributed by atoms with Crippen molar-refractivity contribution in [2.75, 3.05) is 6.61 Å². The molecule has 0 saturated heterocycles. The van der Waals surface area contributed by atoms with Crippen molar-refractivity contribution in [1.29, 1.82) is 0 Å². The number of carbonyl (C=O) groups excluding carboxylic acids is 1. The zero-order valence-electron chi connectivity index (χ0n) is 14.5. The van der Waals surface area contributed by atoms with Crippen molar-refractivity contribution in [3.8, 4) is 5.75 Å². The molecule has 2 nitrogen and oxygen atoms in total. The maximum absolute atomic E-state index is 11.3.